The number of fused-ring (bicyclic) bond motifs is 1. The summed E-state index contributed by atoms with van der Waals surface area (Å²) >= 11 is 9.35. The van der Waals surface area contributed by atoms with E-state index in [1.807, 2.05) is 13.0 Å². The third-order valence-electron chi connectivity index (χ3n) is 2.42. The molecular weight excluding hydrogens is 279 g/mol. The monoisotopic (exact) mass is 288 g/mol. The van der Waals surface area contributed by atoms with E-state index in [2.05, 4.69) is 21.2 Å². The van der Waals surface area contributed by atoms with Crippen LogP contribution in [0.15, 0.2) is 16.6 Å². The zero-order chi connectivity index (χ0) is 11.0. The van der Waals surface area contributed by atoms with Gasteiger partial charge in [-0.15, -0.1) is 0 Å². The number of nitrogens with one attached hydrogen (secondary N) is 1. The van der Waals surface area contributed by atoms with Crippen molar-refractivity contribution in [3.8, 4) is 0 Å². The van der Waals surface area contributed by atoms with E-state index >= 15 is 0 Å². The van der Waals surface area contributed by atoms with Crippen LogP contribution in [0.3, 0.4) is 0 Å². The van der Waals surface area contributed by atoms with Crippen LogP contribution in [0.25, 0.3) is 0 Å². The van der Waals surface area contributed by atoms with Crippen molar-refractivity contribution in [2.45, 2.75) is 13.5 Å². The van der Waals surface area contributed by atoms with Crippen LogP contribution in [0.2, 0.25) is 5.02 Å². The summed E-state index contributed by atoms with van der Waals surface area (Å²) in [5.74, 6) is 0. The van der Waals surface area contributed by atoms with E-state index in [0.29, 0.717) is 18.1 Å². The highest BCUT2D eigenvalue weighted by atomic mass is 79.9. The number of benzene rings is 1. The fraction of sp³-hybridized carbons (Fsp3) is 0.300. The van der Waals surface area contributed by atoms with E-state index in [0.717, 1.165) is 15.7 Å². The second-order valence-corrected chi connectivity index (χ2v) is 4.65. The normalized spacial score (nSPS) is 14.9. The van der Waals surface area contributed by atoms with E-state index in [-0.39, 0.29) is 6.03 Å². The molecule has 0 spiro atoms. The number of anilines is 1. The molecule has 1 aliphatic heterocycles. The van der Waals surface area contributed by atoms with E-state index < -0.39 is 0 Å². The molecule has 1 aromatic carbocycles. The number of rotatable bonds is 1. The lowest BCUT2D eigenvalue weighted by molar-refractivity contribution is 0.209. The zero-order valence-corrected chi connectivity index (χ0v) is 10.5. The van der Waals surface area contributed by atoms with Gasteiger partial charge in [0.1, 0.15) is 0 Å². The van der Waals surface area contributed by atoms with Crippen LogP contribution in [-0.4, -0.2) is 17.5 Å². The van der Waals surface area contributed by atoms with Crippen molar-refractivity contribution in [2.24, 2.45) is 0 Å². The predicted octanol–water partition coefficient (Wildman–Crippen LogP) is 3.47. The summed E-state index contributed by atoms with van der Waals surface area (Å²) in [5.41, 5.74) is 1.87. The molecule has 5 heteroatoms. The molecule has 2 rings (SSSR count). The van der Waals surface area contributed by atoms with Crippen molar-refractivity contribution < 1.29 is 4.79 Å². The molecular formula is C10H10BrClN2O. The first kappa shape index (κ1) is 10.8. The van der Waals surface area contributed by atoms with Crippen molar-refractivity contribution in [2.75, 3.05) is 11.9 Å². The van der Waals surface area contributed by atoms with Gasteiger partial charge in [-0.1, -0.05) is 27.5 Å². The summed E-state index contributed by atoms with van der Waals surface area (Å²) in [4.78, 5) is 13.3. The smallest absolute Gasteiger partial charge is 0.320 e. The largest absolute Gasteiger partial charge is 0.322 e. The summed E-state index contributed by atoms with van der Waals surface area (Å²) in [6.07, 6.45) is 0. The minimum Gasteiger partial charge on any atom is -0.320 e. The fourth-order valence-electron chi connectivity index (χ4n) is 1.59. The maximum atomic E-state index is 11.6. The zero-order valence-electron chi connectivity index (χ0n) is 8.18. The predicted molar refractivity (Wildman–Crippen MR) is 64.3 cm³/mol. The highest BCUT2D eigenvalue weighted by molar-refractivity contribution is 9.10. The SMILES string of the molecule is CCN1Cc2c(Br)cc(Cl)cc2NC1=O. The molecule has 80 valence electrons. The van der Waals surface area contributed by atoms with Gasteiger partial charge in [-0.05, 0) is 19.1 Å². The lowest BCUT2D eigenvalue weighted by Crippen LogP contribution is -2.38. The average Bonchev–Trinajstić information content (AvgIpc) is 2.16. The summed E-state index contributed by atoms with van der Waals surface area (Å²) < 4.78 is 0.934. The number of urea groups is 1. The van der Waals surface area contributed by atoms with Crippen LogP contribution in [0.4, 0.5) is 10.5 Å². The number of amides is 2. The van der Waals surface area contributed by atoms with Gasteiger partial charge in [0, 0.05) is 27.3 Å². The Morgan fingerprint density at radius 1 is 1.60 bits per heavy atom. The topological polar surface area (TPSA) is 32.3 Å². The number of carbonyl (C=O) groups excluding carboxylic acids is 1. The van der Waals surface area contributed by atoms with Gasteiger partial charge in [0.25, 0.3) is 0 Å². The number of hydrogen-bond donors (Lipinski definition) is 1. The second kappa shape index (κ2) is 4.02. The van der Waals surface area contributed by atoms with Gasteiger partial charge in [-0.25, -0.2) is 4.79 Å². The van der Waals surface area contributed by atoms with Gasteiger partial charge in [0.2, 0.25) is 0 Å². The lowest BCUT2D eigenvalue weighted by Gasteiger charge is -2.29. The minimum atomic E-state index is -0.0702. The van der Waals surface area contributed by atoms with Gasteiger partial charge < -0.3 is 10.2 Å². The first-order valence-electron chi connectivity index (χ1n) is 4.65. The highest BCUT2D eigenvalue weighted by Crippen LogP contribution is 2.33. The first-order valence-corrected chi connectivity index (χ1v) is 5.82. The lowest BCUT2D eigenvalue weighted by atomic mass is 10.1. The number of hydrogen-bond acceptors (Lipinski definition) is 1. The molecule has 0 aliphatic carbocycles. The molecule has 0 radical (unpaired) electrons. The molecule has 1 N–H and O–H groups in total. The summed E-state index contributed by atoms with van der Waals surface area (Å²) in [6, 6.07) is 3.54. The molecule has 0 bridgehead atoms. The van der Waals surface area contributed by atoms with Crippen molar-refractivity contribution in [3.63, 3.8) is 0 Å². The summed E-state index contributed by atoms with van der Waals surface area (Å²) in [7, 11) is 0. The maximum absolute atomic E-state index is 11.6. The summed E-state index contributed by atoms with van der Waals surface area (Å²) in [5, 5.41) is 3.43. The Labute approximate surface area is 102 Å². The Morgan fingerprint density at radius 3 is 3.00 bits per heavy atom. The molecule has 0 unspecified atom stereocenters. The van der Waals surface area contributed by atoms with Gasteiger partial charge >= 0.3 is 6.03 Å². The fourth-order valence-corrected chi connectivity index (χ4v) is 2.52. The Morgan fingerprint density at radius 2 is 2.33 bits per heavy atom. The Balaban J connectivity index is 2.45. The van der Waals surface area contributed by atoms with E-state index in [9.17, 15) is 4.79 Å². The Hall–Kier alpha value is -0.740. The highest BCUT2D eigenvalue weighted by Gasteiger charge is 2.23. The van der Waals surface area contributed by atoms with Crippen molar-refractivity contribution in [1.29, 1.82) is 0 Å². The minimum absolute atomic E-state index is 0.0702. The molecule has 0 saturated carbocycles. The van der Waals surface area contributed by atoms with Crippen LogP contribution in [0.5, 0.6) is 0 Å². The Bertz CT molecular complexity index is 422. The number of nitrogens with zero attached hydrogens (tertiary/aromatic N) is 1. The van der Waals surface area contributed by atoms with E-state index in [1.54, 1.807) is 11.0 Å². The van der Waals surface area contributed by atoms with Crippen molar-refractivity contribution >= 4 is 39.2 Å². The third kappa shape index (κ3) is 1.96. The number of halogens is 2. The van der Waals surface area contributed by atoms with Gasteiger partial charge in [-0.3, -0.25) is 0 Å². The van der Waals surface area contributed by atoms with Gasteiger partial charge in [0.05, 0.1) is 6.54 Å². The molecule has 15 heavy (non-hydrogen) atoms. The van der Waals surface area contributed by atoms with Crippen molar-refractivity contribution in [3.05, 3.63) is 27.2 Å². The maximum Gasteiger partial charge on any atom is 0.322 e. The molecule has 0 atom stereocenters. The standard InChI is InChI=1S/C10H10BrClN2O/c1-2-14-5-7-8(11)3-6(12)4-9(7)13-10(14)15/h3-4H,2,5H2,1H3,(H,13,15). The summed E-state index contributed by atoms with van der Waals surface area (Å²) in [6.45, 7) is 3.27. The molecule has 0 fully saturated rings. The van der Waals surface area contributed by atoms with Crippen LogP contribution < -0.4 is 5.32 Å². The molecule has 0 aromatic heterocycles. The van der Waals surface area contributed by atoms with Crippen LogP contribution in [-0.2, 0) is 6.54 Å². The van der Waals surface area contributed by atoms with E-state index in [4.69, 9.17) is 11.6 Å². The van der Waals surface area contributed by atoms with Gasteiger partial charge in [-0.2, -0.15) is 0 Å². The third-order valence-corrected chi connectivity index (χ3v) is 3.35. The number of carbonyl (C=O) groups is 1. The molecule has 1 heterocycles. The first-order chi connectivity index (χ1) is 7.11. The van der Waals surface area contributed by atoms with Crippen molar-refractivity contribution in [1.82, 2.24) is 4.90 Å². The molecule has 0 saturated heterocycles. The van der Waals surface area contributed by atoms with Crippen LogP contribution in [0.1, 0.15) is 12.5 Å². The quantitative estimate of drug-likeness (QED) is 0.843. The van der Waals surface area contributed by atoms with E-state index in [1.165, 1.54) is 0 Å². The van der Waals surface area contributed by atoms with Gasteiger partial charge in [0.15, 0.2) is 0 Å². The molecule has 2 amide bonds. The van der Waals surface area contributed by atoms with Crippen LogP contribution >= 0.6 is 27.5 Å². The molecule has 3 nitrogen and oxygen atoms in total. The second-order valence-electron chi connectivity index (χ2n) is 3.36. The molecule has 1 aliphatic rings. The van der Waals surface area contributed by atoms with Crippen LogP contribution in [0, 0.1) is 0 Å². The molecule has 1 aromatic rings. The average molecular weight is 290 g/mol. The Kier molecular flexibility index (Phi) is 2.89.